The molecule has 0 radical (unpaired) electrons. The van der Waals surface area contributed by atoms with Crippen LogP contribution in [0.1, 0.15) is 17.8 Å². The van der Waals surface area contributed by atoms with Gasteiger partial charge in [-0.05, 0) is 13.3 Å². The Labute approximate surface area is 95.7 Å². The van der Waals surface area contributed by atoms with Crippen molar-refractivity contribution in [2.45, 2.75) is 25.8 Å². The minimum Gasteiger partial charge on any atom is -0.480 e. The molecule has 1 rings (SSSR count). The number of carbonyl (C=O) groups is 2. The number of nitrogens with one attached hydrogen (secondary N) is 1. The quantitative estimate of drug-likeness (QED) is 0.669. The second-order valence-electron chi connectivity index (χ2n) is 3.16. The van der Waals surface area contributed by atoms with E-state index in [2.05, 4.69) is 15.5 Å². The van der Waals surface area contributed by atoms with E-state index >= 15 is 0 Å². The normalized spacial score (nSPS) is 12.1. The van der Waals surface area contributed by atoms with Crippen molar-refractivity contribution in [2.24, 2.45) is 5.73 Å². The molecule has 0 saturated carbocycles. The second-order valence-corrected chi connectivity index (χ2v) is 4.34. The van der Waals surface area contributed by atoms with Crippen LogP contribution in [-0.4, -0.2) is 33.2 Å². The molecule has 7 nitrogen and oxygen atoms in total. The smallest absolute Gasteiger partial charge is 0.320 e. The number of carboxylic acid groups (broad SMARTS) is 1. The van der Waals surface area contributed by atoms with Crippen molar-refractivity contribution in [3.05, 3.63) is 5.01 Å². The fraction of sp³-hybridized carbons (Fsp3) is 0.500. The number of aryl methyl sites for hydroxylation is 1. The lowest BCUT2D eigenvalue weighted by atomic mass is 10.1. The average molecular weight is 244 g/mol. The van der Waals surface area contributed by atoms with Gasteiger partial charge in [-0.1, -0.05) is 11.3 Å². The minimum absolute atomic E-state index is 0.0477. The van der Waals surface area contributed by atoms with E-state index in [4.69, 9.17) is 10.8 Å². The molecule has 1 aromatic heterocycles. The number of amides is 1. The molecule has 1 aromatic rings. The fourth-order valence-corrected chi connectivity index (χ4v) is 1.55. The van der Waals surface area contributed by atoms with E-state index in [0.29, 0.717) is 5.13 Å². The third-order valence-electron chi connectivity index (χ3n) is 1.77. The maximum absolute atomic E-state index is 11.3. The zero-order valence-corrected chi connectivity index (χ0v) is 9.45. The van der Waals surface area contributed by atoms with Gasteiger partial charge in [0, 0.05) is 6.42 Å². The molecule has 88 valence electrons. The Morgan fingerprint density at radius 2 is 2.25 bits per heavy atom. The number of anilines is 1. The highest BCUT2D eigenvalue weighted by Crippen LogP contribution is 2.13. The summed E-state index contributed by atoms with van der Waals surface area (Å²) < 4.78 is 0. The molecule has 0 aliphatic rings. The SMILES string of the molecule is Cc1nnc(NC(=O)CC[C@H](N)C(=O)O)s1. The van der Waals surface area contributed by atoms with Crippen LogP contribution in [0.5, 0.6) is 0 Å². The summed E-state index contributed by atoms with van der Waals surface area (Å²) in [6, 6.07) is -1.01. The lowest BCUT2D eigenvalue weighted by Gasteiger charge is -2.04. The highest BCUT2D eigenvalue weighted by atomic mass is 32.1. The topological polar surface area (TPSA) is 118 Å². The summed E-state index contributed by atoms with van der Waals surface area (Å²) in [6.07, 6.45) is 0.144. The maximum atomic E-state index is 11.3. The summed E-state index contributed by atoms with van der Waals surface area (Å²) in [5, 5.41) is 19.6. The first-order valence-electron chi connectivity index (χ1n) is 4.57. The van der Waals surface area contributed by atoms with Gasteiger partial charge in [-0.3, -0.25) is 9.59 Å². The van der Waals surface area contributed by atoms with Crippen LogP contribution in [0, 0.1) is 6.92 Å². The van der Waals surface area contributed by atoms with Crippen molar-refractivity contribution in [3.63, 3.8) is 0 Å². The van der Waals surface area contributed by atoms with Gasteiger partial charge in [0.2, 0.25) is 11.0 Å². The molecule has 0 spiro atoms. The molecule has 0 fully saturated rings. The molecule has 8 heteroatoms. The fourth-order valence-electron chi connectivity index (χ4n) is 0.939. The maximum Gasteiger partial charge on any atom is 0.320 e. The first-order chi connectivity index (χ1) is 7.49. The Morgan fingerprint density at radius 1 is 1.56 bits per heavy atom. The summed E-state index contributed by atoms with van der Waals surface area (Å²) in [5.74, 6) is -1.42. The number of rotatable bonds is 5. The van der Waals surface area contributed by atoms with Gasteiger partial charge in [0.1, 0.15) is 11.0 Å². The highest BCUT2D eigenvalue weighted by molar-refractivity contribution is 7.15. The average Bonchev–Trinajstić information content (AvgIpc) is 2.60. The molecule has 1 heterocycles. The summed E-state index contributed by atoms with van der Waals surface area (Å²) in [4.78, 5) is 21.7. The highest BCUT2D eigenvalue weighted by Gasteiger charge is 2.14. The molecule has 1 atom stereocenters. The second kappa shape index (κ2) is 5.52. The van der Waals surface area contributed by atoms with Crippen LogP contribution in [0.4, 0.5) is 5.13 Å². The molecule has 0 aliphatic heterocycles. The molecule has 0 saturated heterocycles. The summed E-state index contributed by atoms with van der Waals surface area (Å²) in [7, 11) is 0. The lowest BCUT2D eigenvalue weighted by Crippen LogP contribution is -2.31. The van der Waals surface area contributed by atoms with Crippen molar-refractivity contribution in [3.8, 4) is 0 Å². The Morgan fingerprint density at radius 3 is 2.75 bits per heavy atom. The molecular formula is C8H12N4O3S. The number of nitrogens with zero attached hydrogens (tertiary/aromatic N) is 2. The minimum atomic E-state index is -1.11. The number of hydrogen-bond donors (Lipinski definition) is 3. The number of carbonyl (C=O) groups excluding carboxylic acids is 1. The van der Waals surface area contributed by atoms with Crippen molar-refractivity contribution < 1.29 is 14.7 Å². The molecule has 0 unspecified atom stereocenters. The van der Waals surface area contributed by atoms with E-state index in [9.17, 15) is 9.59 Å². The van der Waals surface area contributed by atoms with Crippen molar-refractivity contribution >= 4 is 28.3 Å². The Hall–Kier alpha value is -1.54. The van der Waals surface area contributed by atoms with E-state index < -0.39 is 12.0 Å². The molecule has 1 amide bonds. The Kier molecular flexibility index (Phi) is 4.32. The molecule has 0 aliphatic carbocycles. The lowest BCUT2D eigenvalue weighted by molar-refractivity contribution is -0.138. The molecule has 4 N–H and O–H groups in total. The van der Waals surface area contributed by atoms with Crippen molar-refractivity contribution in [2.75, 3.05) is 5.32 Å². The third kappa shape index (κ3) is 3.91. The van der Waals surface area contributed by atoms with E-state index in [-0.39, 0.29) is 18.7 Å². The third-order valence-corrected chi connectivity index (χ3v) is 2.53. The zero-order valence-electron chi connectivity index (χ0n) is 8.64. The number of aromatic nitrogens is 2. The molecule has 0 bridgehead atoms. The number of aliphatic carboxylic acids is 1. The van der Waals surface area contributed by atoms with Crippen LogP contribution < -0.4 is 11.1 Å². The van der Waals surface area contributed by atoms with Crippen LogP contribution in [-0.2, 0) is 9.59 Å². The predicted molar refractivity (Wildman–Crippen MR) is 58.1 cm³/mol. The van der Waals surface area contributed by atoms with Crippen LogP contribution in [0.25, 0.3) is 0 Å². The van der Waals surface area contributed by atoms with Gasteiger partial charge in [-0.2, -0.15) is 0 Å². The number of hydrogen-bond acceptors (Lipinski definition) is 6. The standard InChI is InChI=1S/C8H12N4O3S/c1-4-11-12-8(16-4)10-6(13)3-2-5(9)7(14)15/h5H,2-3,9H2,1H3,(H,14,15)(H,10,12,13)/t5-/m0/s1. The Bertz CT molecular complexity index is 392. The summed E-state index contributed by atoms with van der Waals surface area (Å²) >= 11 is 1.25. The van der Waals surface area contributed by atoms with Crippen molar-refractivity contribution in [1.82, 2.24) is 10.2 Å². The van der Waals surface area contributed by atoms with Gasteiger partial charge in [-0.25, -0.2) is 0 Å². The molecule has 16 heavy (non-hydrogen) atoms. The van der Waals surface area contributed by atoms with Gasteiger partial charge in [-0.15, -0.1) is 10.2 Å². The largest absolute Gasteiger partial charge is 0.480 e. The molecule has 0 aromatic carbocycles. The van der Waals surface area contributed by atoms with Crippen molar-refractivity contribution in [1.29, 1.82) is 0 Å². The monoisotopic (exact) mass is 244 g/mol. The van der Waals surface area contributed by atoms with Gasteiger partial charge < -0.3 is 16.2 Å². The summed E-state index contributed by atoms with van der Waals surface area (Å²) in [6.45, 7) is 1.77. The van der Waals surface area contributed by atoms with Gasteiger partial charge in [0.25, 0.3) is 0 Å². The zero-order chi connectivity index (χ0) is 12.1. The Balaban J connectivity index is 2.34. The first kappa shape index (κ1) is 12.5. The van der Waals surface area contributed by atoms with Gasteiger partial charge >= 0.3 is 5.97 Å². The van der Waals surface area contributed by atoms with E-state index in [0.717, 1.165) is 5.01 Å². The first-order valence-corrected chi connectivity index (χ1v) is 5.39. The number of carboxylic acids is 1. The van der Waals surface area contributed by atoms with Crippen LogP contribution in [0.2, 0.25) is 0 Å². The summed E-state index contributed by atoms with van der Waals surface area (Å²) in [5.41, 5.74) is 5.26. The number of nitrogens with two attached hydrogens (primary N) is 1. The van der Waals surface area contributed by atoms with Gasteiger partial charge in [0.15, 0.2) is 0 Å². The van der Waals surface area contributed by atoms with E-state index in [1.807, 2.05) is 0 Å². The van der Waals surface area contributed by atoms with Crippen LogP contribution in [0.15, 0.2) is 0 Å². The predicted octanol–water partition coefficient (Wildman–Crippen LogP) is -0.0229. The van der Waals surface area contributed by atoms with Crippen LogP contribution in [0.3, 0.4) is 0 Å². The molecular weight excluding hydrogens is 232 g/mol. The van der Waals surface area contributed by atoms with E-state index in [1.165, 1.54) is 11.3 Å². The van der Waals surface area contributed by atoms with Crippen LogP contribution >= 0.6 is 11.3 Å². The van der Waals surface area contributed by atoms with E-state index in [1.54, 1.807) is 6.92 Å². The van der Waals surface area contributed by atoms with Gasteiger partial charge in [0.05, 0.1) is 0 Å².